The first-order valence-electron chi connectivity index (χ1n) is 14.5. The first-order valence-corrected chi connectivity index (χ1v) is 14.5. The van der Waals surface area contributed by atoms with Crippen LogP contribution in [0.5, 0.6) is 5.75 Å². The van der Waals surface area contributed by atoms with Crippen molar-refractivity contribution in [1.82, 2.24) is 19.4 Å². The topological polar surface area (TPSA) is 130 Å². The van der Waals surface area contributed by atoms with Crippen molar-refractivity contribution < 1.29 is 19.1 Å². The molecule has 3 amide bonds. The maximum atomic E-state index is 13.1. The lowest BCUT2D eigenvalue weighted by Crippen LogP contribution is -2.35. The van der Waals surface area contributed by atoms with Gasteiger partial charge in [-0.25, -0.2) is 4.98 Å². The molecule has 2 aliphatic rings. The molecule has 2 aromatic carbocycles. The van der Waals surface area contributed by atoms with E-state index in [9.17, 15) is 14.4 Å². The number of anilines is 4. The van der Waals surface area contributed by atoms with Gasteiger partial charge in [0.15, 0.2) is 0 Å². The molecular weight excluding hydrogens is 546 g/mol. The second-order valence-electron chi connectivity index (χ2n) is 11.4. The van der Waals surface area contributed by atoms with Gasteiger partial charge in [-0.3, -0.25) is 14.4 Å². The Morgan fingerprint density at radius 3 is 2.05 bits per heavy atom. The molecule has 0 radical (unpaired) electrons. The molecule has 0 spiro atoms. The van der Waals surface area contributed by atoms with Gasteiger partial charge in [0.2, 0.25) is 17.8 Å². The van der Waals surface area contributed by atoms with E-state index >= 15 is 0 Å². The smallest absolute Gasteiger partial charge is 0.270 e. The summed E-state index contributed by atoms with van der Waals surface area (Å²) in [6.07, 6.45) is 7.02. The highest BCUT2D eigenvalue weighted by atomic mass is 16.5. The highest BCUT2D eigenvalue weighted by Gasteiger charge is 2.56. The zero-order chi connectivity index (χ0) is 30.1. The molecule has 0 aliphatic heterocycles. The molecule has 0 bridgehead atoms. The third-order valence-electron chi connectivity index (χ3n) is 8.26. The van der Waals surface area contributed by atoms with Crippen LogP contribution >= 0.6 is 0 Å². The molecule has 3 N–H and O–H groups in total. The third-order valence-corrected chi connectivity index (χ3v) is 8.26. The van der Waals surface area contributed by atoms with Gasteiger partial charge in [0.1, 0.15) is 22.5 Å². The summed E-state index contributed by atoms with van der Waals surface area (Å²) in [7, 11) is 5.09. The minimum atomic E-state index is -1.08. The van der Waals surface area contributed by atoms with Crippen molar-refractivity contribution in [2.24, 2.45) is 5.41 Å². The van der Waals surface area contributed by atoms with E-state index in [0.717, 1.165) is 42.4 Å². The highest BCUT2D eigenvalue weighted by molar-refractivity contribution is 6.17. The second-order valence-corrected chi connectivity index (χ2v) is 11.4. The number of methoxy groups -OCH3 is 1. The lowest BCUT2D eigenvalue weighted by atomic mass is 10.0. The van der Waals surface area contributed by atoms with Gasteiger partial charge in [0, 0.05) is 48.8 Å². The molecule has 2 aromatic heterocycles. The predicted octanol–water partition coefficient (Wildman–Crippen LogP) is 5.36. The van der Waals surface area contributed by atoms with Crippen LogP contribution in [0, 0.1) is 5.41 Å². The Morgan fingerprint density at radius 2 is 1.49 bits per heavy atom. The van der Waals surface area contributed by atoms with Gasteiger partial charge in [-0.2, -0.15) is 4.98 Å². The van der Waals surface area contributed by atoms with Crippen LogP contribution in [0.2, 0.25) is 0 Å². The Labute approximate surface area is 249 Å². The zero-order valence-electron chi connectivity index (χ0n) is 24.5. The molecule has 11 nitrogen and oxygen atoms in total. The summed E-state index contributed by atoms with van der Waals surface area (Å²) < 4.78 is 7.23. The lowest BCUT2D eigenvalue weighted by molar-refractivity contribution is -0.131. The molecule has 0 unspecified atom stereocenters. The number of nitrogens with zero attached hydrogens (tertiary/aromatic N) is 4. The van der Waals surface area contributed by atoms with E-state index in [2.05, 4.69) is 25.5 Å². The quantitative estimate of drug-likeness (QED) is 0.227. The van der Waals surface area contributed by atoms with Gasteiger partial charge in [0.25, 0.3) is 5.91 Å². The summed E-state index contributed by atoms with van der Waals surface area (Å²) in [5, 5.41) is 9.79. The standard InChI is InChI=1S/C32H35N7O4/c1-38(2)28(40)26-18-20-19-33-31(37-27(20)39(26)24-6-4-5-7-24)36-23-10-8-21(9-11-23)34-29(41)32(16-17-32)30(42)35-22-12-14-25(43-3)15-13-22/h8-15,18-19,24H,4-7,16-17H2,1-3H3,(H,34,41)(H,35,42)(H,33,36,37). The van der Waals surface area contributed by atoms with Crippen LogP contribution in [0.3, 0.4) is 0 Å². The first-order chi connectivity index (χ1) is 20.8. The molecule has 2 saturated carbocycles. The van der Waals surface area contributed by atoms with E-state index in [-0.39, 0.29) is 23.8 Å². The Hall–Kier alpha value is -4.93. The molecule has 2 fully saturated rings. The number of carbonyl (C=O) groups excluding carboxylic acids is 3. The number of benzene rings is 2. The minimum absolute atomic E-state index is 0.0526. The summed E-state index contributed by atoms with van der Waals surface area (Å²) in [6.45, 7) is 0. The summed E-state index contributed by atoms with van der Waals surface area (Å²) in [5.74, 6) is 0.398. The molecule has 43 heavy (non-hydrogen) atoms. The number of rotatable bonds is 9. The number of fused-ring (bicyclic) bond motifs is 1. The highest BCUT2D eigenvalue weighted by Crippen LogP contribution is 2.47. The van der Waals surface area contributed by atoms with Crippen LogP contribution in [0.1, 0.15) is 55.1 Å². The largest absolute Gasteiger partial charge is 0.497 e. The van der Waals surface area contributed by atoms with Crippen molar-refractivity contribution in [3.63, 3.8) is 0 Å². The van der Waals surface area contributed by atoms with Crippen LogP contribution in [-0.4, -0.2) is 58.4 Å². The monoisotopic (exact) mass is 581 g/mol. The Bertz CT molecular complexity index is 1670. The van der Waals surface area contributed by atoms with Crippen molar-refractivity contribution in [2.45, 2.75) is 44.6 Å². The van der Waals surface area contributed by atoms with E-state index < -0.39 is 5.41 Å². The number of aromatic nitrogens is 3. The van der Waals surface area contributed by atoms with Crippen molar-refractivity contribution >= 4 is 51.8 Å². The van der Waals surface area contributed by atoms with Gasteiger partial charge in [0.05, 0.1) is 7.11 Å². The van der Waals surface area contributed by atoms with Crippen LogP contribution in [0.4, 0.5) is 23.0 Å². The Kier molecular flexibility index (Phi) is 7.47. The number of carbonyl (C=O) groups is 3. The molecule has 0 atom stereocenters. The number of hydrogen-bond donors (Lipinski definition) is 3. The zero-order valence-corrected chi connectivity index (χ0v) is 24.5. The van der Waals surface area contributed by atoms with Crippen LogP contribution in [-0.2, 0) is 9.59 Å². The van der Waals surface area contributed by atoms with Gasteiger partial charge >= 0.3 is 0 Å². The molecular formula is C32H35N7O4. The average molecular weight is 582 g/mol. The Morgan fingerprint density at radius 1 is 0.907 bits per heavy atom. The minimum Gasteiger partial charge on any atom is -0.497 e. The number of hydrogen-bond acceptors (Lipinski definition) is 7. The van der Waals surface area contributed by atoms with E-state index in [0.29, 0.717) is 41.6 Å². The summed E-state index contributed by atoms with van der Waals surface area (Å²) in [5.41, 5.74) is 2.21. The van der Waals surface area contributed by atoms with Crippen LogP contribution < -0.4 is 20.7 Å². The maximum Gasteiger partial charge on any atom is 0.270 e. The van der Waals surface area contributed by atoms with Gasteiger partial charge < -0.3 is 30.2 Å². The molecule has 2 aliphatic carbocycles. The van der Waals surface area contributed by atoms with Gasteiger partial charge in [-0.05, 0) is 80.3 Å². The van der Waals surface area contributed by atoms with Gasteiger partial charge in [-0.15, -0.1) is 0 Å². The van der Waals surface area contributed by atoms with E-state index in [1.165, 1.54) is 0 Å². The fourth-order valence-corrected chi connectivity index (χ4v) is 5.62. The molecule has 6 rings (SSSR count). The summed E-state index contributed by atoms with van der Waals surface area (Å²) in [6, 6.07) is 16.3. The SMILES string of the molecule is COc1ccc(NC(=O)C2(C(=O)Nc3ccc(Nc4ncc5cc(C(=O)N(C)C)n(C6CCCC6)c5n4)cc3)CC2)cc1. The number of nitrogens with one attached hydrogen (secondary N) is 3. The fourth-order valence-electron chi connectivity index (χ4n) is 5.62. The van der Waals surface area contributed by atoms with E-state index in [1.807, 2.05) is 18.2 Å². The van der Waals surface area contributed by atoms with Crippen molar-refractivity contribution in [3.8, 4) is 5.75 Å². The Balaban J connectivity index is 1.14. The third kappa shape index (κ3) is 5.62. The molecule has 0 saturated heterocycles. The predicted molar refractivity (Wildman–Crippen MR) is 165 cm³/mol. The summed E-state index contributed by atoms with van der Waals surface area (Å²) in [4.78, 5) is 49.9. The van der Waals surface area contributed by atoms with Crippen LogP contribution in [0.25, 0.3) is 11.0 Å². The summed E-state index contributed by atoms with van der Waals surface area (Å²) >= 11 is 0. The lowest BCUT2D eigenvalue weighted by Gasteiger charge is -2.19. The molecule has 11 heteroatoms. The molecule has 2 heterocycles. The number of amides is 3. The van der Waals surface area contributed by atoms with Crippen molar-refractivity contribution in [2.75, 3.05) is 37.2 Å². The molecule has 4 aromatic rings. The van der Waals surface area contributed by atoms with Crippen LogP contribution in [0.15, 0.2) is 60.8 Å². The van der Waals surface area contributed by atoms with E-state index in [1.54, 1.807) is 68.7 Å². The number of ether oxygens (including phenoxy) is 1. The van der Waals surface area contributed by atoms with E-state index in [4.69, 9.17) is 9.72 Å². The second kappa shape index (κ2) is 11.4. The van der Waals surface area contributed by atoms with Crippen molar-refractivity contribution in [3.05, 3.63) is 66.5 Å². The van der Waals surface area contributed by atoms with Crippen molar-refractivity contribution in [1.29, 1.82) is 0 Å². The normalized spacial score (nSPS) is 15.6. The van der Waals surface area contributed by atoms with Gasteiger partial charge in [-0.1, -0.05) is 12.8 Å². The maximum absolute atomic E-state index is 13.1. The molecule has 222 valence electrons. The first kappa shape index (κ1) is 28.2. The average Bonchev–Trinajstić information content (AvgIpc) is 3.50. The fraction of sp³-hybridized carbons (Fsp3) is 0.344.